The molecule has 2 aromatic heterocycles. The molecule has 0 aliphatic rings. The zero-order valence-electron chi connectivity index (χ0n) is 16.1. The van der Waals surface area contributed by atoms with E-state index < -0.39 is 0 Å². The molecular formula is C21H26N4O. The number of amides is 1. The number of benzene rings is 1. The Bertz CT molecular complexity index is 933. The first-order valence-corrected chi connectivity index (χ1v) is 8.92. The first-order valence-electron chi connectivity index (χ1n) is 8.92. The largest absolute Gasteiger partial charge is 0.325 e. The Morgan fingerprint density at radius 3 is 2.54 bits per heavy atom. The molecule has 5 heteroatoms. The lowest BCUT2D eigenvalue weighted by molar-refractivity contribution is -0.116. The van der Waals surface area contributed by atoms with E-state index in [-0.39, 0.29) is 11.3 Å². The summed E-state index contributed by atoms with van der Waals surface area (Å²) in [6, 6.07) is 10.5. The highest BCUT2D eigenvalue weighted by molar-refractivity contribution is 5.93. The van der Waals surface area contributed by atoms with Gasteiger partial charge in [-0.2, -0.15) is 5.10 Å². The van der Waals surface area contributed by atoms with Gasteiger partial charge in [0.2, 0.25) is 5.91 Å². The molecule has 1 aromatic carbocycles. The van der Waals surface area contributed by atoms with Gasteiger partial charge in [0.25, 0.3) is 0 Å². The SMILES string of the molecule is Cc1nn(C)c2ncc(NC(=O)CCc3ccc(C(C)(C)C)cc3)cc12. The van der Waals surface area contributed by atoms with Crippen LogP contribution in [-0.2, 0) is 23.7 Å². The van der Waals surface area contributed by atoms with E-state index >= 15 is 0 Å². The second-order valence-corrected chi connectivity index (χ2v) is 7.80. The molecule has 136 valence electrons. The van der Waals surface area contributed by atoms with E-state index in [0.29, 0.717) is 12.1 Å². The lowest BCUT2D eigenvalue weighted by Crippen LogP contribution is -2.13. The van der Waals surface area contributed by atoms with Crippen molar-refractivity contribution >= 4 is 22.6 Å². The van der Waals surface area contributed by atoms with Crippen molar-refractivity contribution < 1.29 is 4.79 Å². The van der Waals surface area contributed by atoms with Gasteiger partial charge >= 0.3 is 0 Å². The summed E-state index contributed by atoms with van der Waals surface area (Å²) >= 11 is 0. The monoisotopic (exact) mass is 350 g/mol. The summed E-state index contributed by atoms with van der Waals surface area (Å²) in [7, 11) is 1.87. The molecule has 0 saturated heterocycles. The fourth-order valence-electron chi connectivity index (χ4n) is 3.03. The lowest BCUT2D eigenvalue weighted by Gasteiger charge is -2.19. The number of aryl methyl sites for hydroxylation is 3. The van der Waals surface area contributed by atoms with Crippen LogP contribution in [0.15, 0.2) is 36.5 Å². The van der Waals surface area contributed by atoms with Gasteiger partial charge in [-0.05, 0) is 36.0 Å². The Hall–Kier alpha value is -2.69. The van der Waals surface area contributed by atoms with Crippen molar-refractivity contribution in [2.75, 3.05) is 5.32 Å². The number of aromatic nitrogens is 3. The summed E-state index contributed by atoms with van der Waals surface area (Å²) < 4.78 is 1.75. The van der Waals surface area contributed by atoms with Crippen LogP contribution in [0.1, 0.15) is 44.0 Å². The lowest BCUT2D eigenvalue weighted by atomic mass is 9.86. The van der Waals surface area contributed by atoms with Crippen molar-refractivity contribution in [3.8, 4) is 0 Å². The van der Waals surface area contributed by atoms with Crippen LogP contribution in [0.4, 0.5) is 5.69 Å². The van der Waals surface area contributed by atoms with Gasteiger partial charge < -0.3 is 5.32 Å². The van der Waals surface area contributed by atoms with Crippen molar-refractivity contribution in [3.05, 3.63) is 53.3 Å². The Balaban J connectivity index is 1.61. The van der Waals surface area contributed by atoms with E-state index in [1.165, 1.54) is 11.1 Å². The van der Waals surface area contributed by atoms with E-state index in [9.17, 15) is 4.79 Å². The molecule has 26 heavy (non-hydrogen) atoms. The molecule has 3 aromatic rings. The van der Waals surface area contributed by atoms with E-state index in [2.05, 4.69) is 60.4 Å². The highest BCUT2D eigenvalue weighted by Gasteiger charge is 2.13. The maximum Gasteiger partial charge on any atom is 0.224 e. The molecule has 0 bridgehead atoms. The molecule has 2 heterocycles. The van der Waals surface area contributed by atoms with Crippen LogP contribution in [0.3, 0.4) is 0 Å². The normalized spacial score (nSPS) is 11.7. The van der Waals surface area contributed by atoms with E-state index in [1.54, 1.807) is 10.9 Å². The predicted octanol–water partition coefficient (Wildman–Crippen LogP) is 4.15. The molecule has 0 spiro atoms. The van der Waals surface area contributed by atoms with Crippen LogP contribution in [0, 0.1) is 6.92 Å². The van der Waals surface area contributed by atoms with Gasteiger partial charge in [-0.1, -0.05) is 45.0 Å². The smallest absolute Gasteiger partial charge is 0.224 e. The molecule has 3 rings (SSSR count). The number of pyridine rings is 1. The molecule has 1 amide bonds. The maximum absolute atomic E-state index is 12.3. The summed E-state index contributed by atoms with van der Waals surface area (Å²) in [5, 5.41) is 8.25. The zero-order chi connectivity index (χ0) is 18.9. The minimum atomic E-state index is -0.00686. The van der Waals surface area contributed by atoms with Gasteiger partial charge in [0.05, 0.1) is 17.6 Å². The molecular weight excluding hydrogens is 324 g/mol. The number of nitrogens with zero attached hydrogens (tertiary/aromatic N) is 3. The fourth-order valence-corrected chi connectivity index (χ4v) is 3.03. The highest BCUT2D eigenvalue weighted by atomic mass is 16.1. The molecule has 0 radical (unpaired) electrons. The number of fused-ring (bicyclic) bond motifs is 1. The number of carbonyl (C=O) groups excluding carboxylic acids is 1. The van der Waals surface area contributed by atoms with E-state index in [4.69, 9.17) is 0 Å². The van der Waals surface area contributed by atoms with Gasteiger partial charge in [0.15, 0.2) is 5.65 Å². The van der Waals surface area contributed by atoms with Crippen LogP contribution in [-0.4, -0.2) is 20.7 Å². The Morgan fingerprint density at radius 2 is 1.88 bits per heavy atom. The van der Waals surface area contributed by atoms with Crippen LogP contribution in [0.2, 0.25) is 0 Å². The molecule has 5 nitrogen and oxygen atoms in total. The molecule has 0 fully saturated rings. The summed E-state index contributed by atoms with van der Waals surface area (Å²) in [6.45, 7) is 8.54. The van der Waals surface area contributed by atoms with Crippen LogP contribution in [0.5, 0.6) is 0 Å². The van der Waals surface area contributed by atoms with Crippen molar-refractivity contribution in [2.24, 2.45) is 7.05 Å². The highest BCUT2D eigenvalue weighted by Crippen LogP contribution is 2.23. The number of anilines is 1. The zero-order valence-corrected chi connectivity index (χ0v) is 16.1. The average Bonchev–Trinajstić information content (AvgIpc) is 2.86. The van der Waals surface area contributed by atoms with Gasteiger partial charge in [-0.15, -0.1) is 0 Å². The van der Waals surface area contributed by atoms with E-state index in [0.717, 1.165) is 23.1 Å². The Kier molecular flexibility index (Phi) is 4.81. The molecule has 0 saturated carbocycles. The summed E-state index contributed by atoms with van der Waals surface area (Å²) in [6.07, 6.45) is 2.84. The van der Waals surface area contributed by atoms with Crippen LogP contribution in [0.25, 0.3) is 11.0 Å². The minimum Gasteiger partial charge on any atom is -0.325 e. The van der Waals surface area contributed by atoms with Crippen LogP contribution < -0.4 is 5.32 Å². The van der Waals surface area contributed by atoms with Gasteiger partial charge in [-0.3, -0.25) is 9.48 Å². The maximum atomic E-state index is 12.3. The van der Waals surface area contributed by atoms with Crippen molar-refractivity contribution in [1.29, 1.82) is 0 Å². The summed E-state index contributed by atoms with van der Waals surface area (Å²) in [4.78, 5) is 16.7. The Morgan fingerprint density at radius 1 is 1.19 bits per heavy atom. The standard InChI is InChI=1S/C21H26N4O/c1-14-18-12-17(13-22-20(18)25(5)24-14)23-19(26)11-8-15-6-9-16(10-7-15)21(2,3)4/h6-7,9-10,12-13H,8,11H2,1-5H3,(H,23,26). The quantitative estimate of drug-likeness (QED) is 0.769. The number of nitrogens with one attached hydrogen (secondary N) is 1. The topological polar surface area (TPSA) is 59.8 Å². The summed E-state index contributed by atoms with van der Waals surface area (Å²) in [5.74, 6) is -0.00686. The predicted molar refractivity (Wildman–Crippen MR) is 105 cm³/mol. The van der Waals surface area contributed by atoms with Gasteiger partial charge in [-0.25, -0.2) is 4.98 Å². The molecule has 0 aliphatic carbocycles. The first-order chi connectivity index (χ1) is 12.2. The average molecular weight is 350 g/mol. The van der Waals surface area contributed by atoms with E-state index in [1.807, 2.05) is 20.0 Å². The van der Waals surface area contributed by atoms with Gasteiger partial charge in [0, 0.05) is 18.9 Å². The first kappa shape index (κ1) is 18.1. The second kappa shape index (κ2) is 6.90. The summed E-state index contributed by atoms with van der Waals surface area (Å²) in [5.41, 5.74) is 5.05. The fraction of sp³-hybridized carbons (Fsp3) is 0.381. The van der Waals surface area contributed by atoms with Crippen molar-refractivity contribution in [2.45, 2.75) is 46.0 Å². The Labute approximate surface area is 154 Å². The number of hydrogen-bond donors (Lipinski definition) is 1. The second-order valence-electron chi connectivity index (χ2n) is 7.80. The third-order valence-corrected chi connectivity index (χ3v) is 4.61. The molecule has 0 atom stereocenters. The van der Waals surface area contributed by atoms with Crippen LogP contribution >= 0.6 is 0 Å². The van der Waals surface area contributed by atoms with Crippen molar-refractivity contribution in [1.82, 2.24) is 14.8 Å². The number of carbonyl (C=O) groups is 1. The molecule has 0 unspecified atom stereocenters. The van der Waals surface area contributed by atoms with Gasteiger partial charge in [0.1, 0.15) is 0 Å². The molecule has 1 N–H and O–H groups in total. The number of hydrogen-bond acceptors (Lipinski definition) is 3. The third-order valence-electron chi connectivity index (χ3n) is 4.61. The number of rotatable bonds is 4. The minimum absolute atomic E-state index is 0.00686. The van der Waals surface area contributed by atoms with Crippen molar-refractivity contribution in [3.63, 3.8) is 0 Å². The molecule has 0 aliphatic heterocycles. The third kappa shape index (κ3) is 3.93.